The normalized spacial score (nSPS) is 13.7. The average Bonchev–Trinajstić information content (AvgIpc) is 2.91. The van der Waals surface area contributed by atoms with Gasteiger partial charge in [0, 0.05) is 27.7 Å². The van der Waals surface area contributed by atoms with Gasteiger partial charge in [-0.1, -0.05) is 30.3 Å². The van der Waals surface area contributed by atoms with Crippen LogP contribution in [0, 0.1) is 0 Å². The quantitative estimate of drug-likeness (QED) is 0.595. The number of rotatable bonds is 6. The average molecular weight is 396 g/mol. The van der Waals surface area contributed by atoms with Crippen LogP contribution in [0.2, 0.25) is 0 Å². The van der Waals surface area contributed by atoms with E-state index in [2.05, 4.69) is 20.6 Å². The van der Waals surface area contributed by atoms with Crippen LogP contribution in [-0.2, 0) is 16.1 Å². The summed E-state index contributed by atoms with van der Waals surface area (Å²) in [4.78, 5) is 47.0. The van der Waals surface area contributed by atoms with Crippen LogP contribution in [0.1, 0.15) is 16.1 Å². The number of carbonyl (C=O) groups is 3. The molecule has 10 nitrogen and oxygen atoms in total. The van der Waals surface area contributed by atoms with E-state index in [1.54, 1.807) is 0 Å². The smallest absolute Gasteiger partial charge is 0.279 e. The summed E-state index contributed by atoms with van der Waals surface area (Å²) in [5, 5.41) is 16.0. The Hall–Kier alpha value is -3.95. The van der Waals surface area contributed by atoms with Crippen molar-refractivity contribution in [2.75, 3.05) is 26.5 Å². The standard InChI is InChI=1S/C19H20N6O4/c1-24(2)17(27)14-15(26)16(22-10-21-14)23-13-12(18(28)25(3)19(13)29)20-9-11-7-5-4-6-8-11/h4-8,10,20,26H,9H2,1-3H3,(H,21,22,23). The van der Waals surface area contributed by atoms with E-state index >= 15 is 0 Å². The zero-order valence-electron chi connectivity index (χ0n) is 16.1. The van der Waals surface area contributed by atoms with Gasteiger partial charge < -0.3 is 20.6 Å². The number of nitrogens with one attached hydrogen (secondary N) is 2. The van der Waals surface area contributed by atoms with Crippen LogP contribution < -0.4 is 10.6 Å². The molecule has 0 spiro atoms. The zero-order valence-corrected chi connectivity index (χ0v) is 16.1. The van der Waals surface area contributed by atoms with E-state index in [4.69, 9.17) is 0 Å². The highest BCUT2D eigenvalue weighted by Crippen LogP contribution is 2.28. The monoisotopic (exact) mass is 396 g/mol. The Morgan fingerprint density at radius 2 is 1.76 bits per heavy atom. The van der Waals surface area contributed by atoms with Crippen molar-refractivity contribution in [3.05, 3.63) is 59.3 Å². The SMILES string of the molecule is CN(C)C(=O)c1ncnc(NC2=C(NCc3ccccc3)C(=O)N(C)C2=O)c1O. The molecular weight excluding hydrogens is 376 g/mol. The van der Waals surface area contributed by atoms with E-state index in [1.165, 1.54) is 26.0 Å². The van der Waals surface area contributed by atoms with Crippen molar-refractivity contribution in [3.8, 4) is 5.75 Å². The Labute approximate surface area is 166 Å². The van der Waals surface area contributed by atoms with Gasteiger partial charge in [-0.2, -0.15) is 0 Å². The second-order valence-electron chi connectivity index (χ2n) is 6.50. The lowest BCUT2D eigenvalue weighted by molar-refractivity contribution is -0.136. The van der Waals surface area contributed by atoms with Crippen molar-refractivity contribution in [1.82, 2.24) is 25.1 Å². The molecule has 1 aromatic carbocycles. The number of imide groups is 1. The van der Waals surface area contributed by atoms with E-state index < -0.39 is 23.5 Å². The fourth-order valence-electron chi connectivity index (χ4n) is 2.66. The molecule has 0 saturated heterocycles. The number of carbonyl (C=O) groups excluding carboxylic acids is 3. The highest BCUT2D eigenvalue weighted by molar-refractivity contribution is 6.20. The van der Waals surface area contributed by atoms with Crippen LogP contribution >= 0.6 is 0 Å². The van der Waals surface area contributed by atoms with Gasteiger partial charge in [-0.15, -0.1) is 0 Å². The van der Waals surface area contributed by atoms with Gasteiger partial charge in [0.05, 0.1) is 0 Å². The maximum atomic E-state index is 12.5. The molecular formula is C19H20N6O4. The van der Waals surface area contributed by atoms with Gasteiger partial charge in [0.15, 0.2) is 17.3 Å². The minimum atomic E-state index is -0.593. The molecule has 2 heterocycles. The van der Waals surface area contributed by atoms with Crippen molar-refractivity contribution < 1.29 is 19.5 Å². The first-order valence-electron chi connectivity index (χ1n) is 8.68. The van der Waals surface area contributed by atoms with Crippen molar-refractivity contribution >= 4 is 23.5 Å². The van der Waals surface area contributed by atoms with Crippen LogP contribution in [0.3, 0.4) is 0 Å². The molecule has 150 valence electrons. The van der Waals surface area contributed by atoms with E-state index in [1.807, 2.05) is 30.3 Å². The summed E-state index contributed by atoms with van der Waals surface area (Å²) < 4.78 is 0. The van der Waals surface area contributed by atoms with Crippen LogP contribution in [0.15, 0.2) is 48.1 Å². The lowest BCUT2D eigenvalue weighted by Gasteiger charge is -2.13. The van der Waals surface area contributed by atoms with E-state index in [0.29, 0.717) is 6.54 Å². The molecule has 29 heavy (non-hydrogen) atoms. The Kier molecular flexibility index (Phi) is 5.44. The number of hydrogen-bond donors (Lipinski definition) is 3. The highest BCUT2D eigenvalue weighted by atomic mass is 16.3. The molecule has 0 fully saturated rings. The molecule has 1 aliphatic heterocycles. The lowest BCUT2D eigenvalue weighted by atomic mass is 10.2. The van der Waals surface area contributed by atoms with Gasteiger partial charge in [0.25, 0.3) is 17.7 Å². The summed E-state index contributed by atoms with van der Waals surface area (Å²) in [6, 6.07) is 9.35. The molecule has 10 heteroatoms. The highest BCUT2D eigenvalue weighted by Gasteiger charge is 2.37. The first-order chi connectivity index (χ1) is 13.8. The summed E-state index contributed by atoms with van der Waals surface area (Å²) >= 11 is 0. The summed E-state index contributed by atoms with van der Waals surface area (Å²) in [6.07, 6.45) is 1.08. The number of amides is 3. The number of likely N-dealkylation sites (N-methyl/N-ethyl adjacent to an activating group) is 1. The van der Waals surface area contributed by atoms with Crippen molar-refractivity contribution in [2.45, 2.75) is 6.54 Å². The van der Waals surface area contributed by atoms with Gasteiger partial charge in [0.2, 0.25) is 0 Å². The number of aromatic nitrogens is 2. The van der Waals surface area contributed by atoms with E-state index in [-0.39, 0.29) is 22.9 Å². The summed E-state index contributed by atoms with van der Waals surface area (Å²) in [6.45, 7) is 0.314. The van der Waals surface area contributed by atoms with Gasteiger partial charge in [0.1, 0.15) is 17.7 Å². The van der Waals surface area contributed by atoms with E-state index in [0.717, 1.165) is 16.8 Å². The fourth-order valence-corrected chi connectivity index (χ4v) is 2.66. The molecule has 1 aromatic heterocycles. The summed E-state index contributed by atoms with van der Waals surface area (Å²) in [5.74, 6) is -2.32. The lowest BCUT2D eigenvalue weighted by Crippen LogP contribution is -2.30. The van der Waals surface area contributed by atoms with Crippen molar-refractivity contribution in [1.29, 1.82) is 0 Å². The van der Waals surface area contributed by atoms with E-state index in [9.17, 15) is 19.5 Å². The molecule has 0 atom stereocenters. The zero-order chi connectivity index (χ0) is 21.1. The van der Waals surface area contributed by atoms with Crippen LogP contribution in [-0.4, -0.2) is 63.7 Å². The minimum absolute atomic E-state index is 0.0415. The predicted octanol–water partition coefficient (Wildman–Crippen LogP) is 0.296. The molecule has 0 bridgehead atoms. The fraction of sp³-hybridized carbons (Fsp3) is 0.211. The molecule has 0 radical (unpaired) electrons. The second-order valence-corrected chi connectivity index (χ2v) is 6.50. The van der Waals surface area contributed by atoms with Gasteiger partial charge in [-0.3, -0.25) is 19.3 Å². The Morgan fingerprint density at radius 1 is 1.10 bits per heavy atom. The first kappa shape index (κ1) is 19.8. The molecule has 0 saturated carbocycles. The number of anilines is 1. The van der Waals surface area contributed by atoms with Gasteiger partial charge in [-0.05, 0) is 5.56 Å². The van der Waals surface area contributed by atoms with Crippen LogP contribution in [0.5, 0.6) is 5.75 Å². The number of nitrogens with zero attached hydrogens (tertiary/aromatic N) is 4. The maximum absolute atomic E-state index is 12.5. The molecule has 3 rings (SSSR count). The third-order valence-electron chi connectivity index (χ3n) is 4.27. The number of benzene rings is 1. The van der Waals surface area contributed by atoms with Crippen LogP contribution in [0.4, 0.5) is 5.82 Å². The van der Waals surface area contributed by atoms with Crippen LogP contribution in [0.25, 0.3) is 0 Å². The second kappa shape index (κ2) is 7.97. The molecule has 0 unspecified atom stereocenters. The first-order valence-corrected chi connectivity index (χ1v) is 8.68. The minimum Gasteiger partial charge on any atom is -0.503 e. The third kappa shape index (κ3) is 3.86. The Bertz CT molecular complexity index is 1000. The number of aromatic hydroxyl groups is 1. The Balaban J connectivity index is 1.93. The molecule has 1 aliphatic rings. The summed E-state index contributed by atoms with van der Waals surface area (Å²) in [5.41, 5.74) is 0.653. The van der Waals surface area contributed by atoms with Crippen molar-refractivity contribution in [2.24, 2.45) is 0 Å². The van der Waals surface area contributed by atoms with Crippen molar-refractivity contribution in [3.63, 3.8) is 0 Å². The largest absolute Gasteiger partial charge is 0.503 e. The van der Waals surface area contributed by atoms with Gasteiger partial charge >= 0.3 is 0 Å². The molecule has 3 amide bonds. The predicted molar refractivity (Wildman–Crippen MR) is 103 cm³/mol. The molecule has 0 aliphatic carbocycles. The topological polar surface area (TPSA) is 128 Å². The van der Waals surface area contributed by atoms with Gasteiger partial charge in [-0.25, -0.2) is 9.97 Å². The maximum Gasteiger partial charge on any atom is 0.279 e. The third-order valence-corrected chi connectivity index (χ3v) is 4.27. The number of hydrogen-bond acceptors (Lipinski definition) is 8. The summed E-state index contributed by atoms with van der Waals surface area (Å²) in [7, 11) is 4.38. The molecule has 3 N–H and O–H groups in total. The molecule has 2 aromatic rings. The Morgan fingerprint density at radius 3 is 2.41 bits per heavy atom.